The average molecular weight is 309 g/mol. The summed E-state index contributed by atoms with van der Waals surface area (Å²) < 4.78 is 13.8. The molecular formula is C13H10BrFN2O. The summed E-state index contributed by atoms with van der Waals surface area (Å²) in [6, 6.07) is 6.60. The molecule has 0 aliphatic rings. The minimum absolute atomic E-state index is 0.187. The van der Waals surface area contributed by atoms with Crippen LogP contribution in [-0.2, 0) is 0 Å². The van der Waals surface area contributed by atoms with Gasteiger partial charge in [-0.1, -0.05) is 22.0 Å². The van der Waals surface area contributed by atoms with Gasteiger partial charge in [-0.3, -0.25) is 9.78 Å². The summed E-state index contributed by atoms with van der Waals surface area (Å²) in [6.07, 6.45) is 2.38. The van der Waals surface area contributed by atoms with Crippen LogP contribution in [0.5, 0.6) is 0 Å². The van der Waals surface area contributed by atoms with Gasteiger partial charge < -0.3 is 5.32 Å². The molecule has 2 rings (SSSR count). The van der Waals surface area contributed by atoms with Crippen molar-refractivity contribution < 1.29 is 9.18 Å². The number of pyridine rings is 1. The Bertz CT molecular complexity index is 601. The maximum Gasteiger partial charge on any atom is 0.257 e. The number of nitrogens with zero attached hydrogens (tertiary/aromatic N) is 1. The summed E-state index contributed by atoms with van der Waals surface area (Å²) in [7, 11) is 0. The highest BCUT2D eigenvalue weighted by Crippen LogP contribution is 2.21. The van der Waals surface area contributed by atoms with Gasteiger partial charge in [-0.2, -0.15) is 0 Å². The van der Waals surface area contributed by atoms with Gasteiger partial charge in [0.2, 0.25) is 0 Å². The lowest BCUT2D eigenvalue weighted by atomic mass is 10.2. The number of nitrogens with one attached hydrogen (secondary N) is 1. The van der Waals surface area contributed by atoms with Crippen molar-refractivity contribution in [2.75, 3.05) is 5.32 Å². The van der Waals surface area contributed by atoms with Crippen LogP contribution in [0.3, 0.4) is 0 Å². The SMILES string of the molecule is Cc1ccc(NC(=O)c2cncc(F)c2)cc1Br. The number of hydrogen-bond acceptors (Lipinski definition) is 2. The third-order valence-corrected chi connectivity index (χ3v) is 3.25. The number of halogens is 2. The van der Waals surface area contributed by atoms with Gasteiger partial charge in [0.15, 0.2) is 0 Å². The molecule has 0 aliphatic carbocycles. The lowest BCUT2D eigenvalue weighted by Crippen LogP contribution is -2.12. The first kappa shape index (κ1) is 12.7. The van der Waals surface area contributed by atoms with E-state index in [-0.39, 0.29) is 5.56 Å². The Hall–Kier alpha value is -1.75. The first-order valence-electron chi connectivity index (χ1n) is 5.24. The third-order valence-electron chi connectivity index (χ3n) is 2.40. The highest BCUT2D eigenvalue weighted by Gasteiger charge is 2.08. The summed E-state index contributed by atoms with van der Waals surface area (Å²) in [5.41, 5.74) is 1.90. The molecule has 0 saturated heterocycles. The molecule has 1 heterocycles. The summed E-state index contributed by atoms with van der Waals surface area (Å²) in [6.45, 7) is 1.95. The van der Waals surface area contributed by atoms with Crippen molar-refractivity contribution >= 4 is 27.5 Å². The van der Waals surface area contributed by atoms with Crippen LogP contribution in [0.4, 0.5) is 10.1 Å². The Morgan fingerprint density at radius 3 is 2.78 bits per heavy atom. The van der Waals surface area contributed by atoms with Gasteiger partial charge >= 0.3 is 0 Å². The molecule has 1 aromatic heterocycles. The van der Waals surface area contributed by atoms with Gasteiger partial charge in [-0.05, 0) is 30.7 Å². The molecule has 2 aromatic rings. The monoisotopic (exact) mass is 308 g/mol. The van der Waals surface area contributed by atoms with E-state index in [4.69, 9.17) is 0 Å². The fraction of sp³-hybridized carbons (Fsp3) is 0.0769. The quantitative estimate of drug-likeness (QED) is 0.922. The number of carbonyl (C=O) groups excluding carboxylic acids is 1. The van der Waals surface area contributed by atoms with Gasteiger partial charge in [0.1, 0.15) is 5.82 Å². The molecule has 3 nitrogen and oxygen atoms in total. The minimum atomic E-state index is -0.535. The van der Waals surface area contributed by atoms with Gasteiger partial charge in [-0.15, -0.1) is 0 Å². The molecule has 0 saturated carbocycles. The lowest BCUT2D eigenvalue weighted by molar-refractivity contribution is 0.102. The van der Waals surface area contributed by atoms with Crippen molar-refractivity contribution in [1.82, 2.24) is 4.98 Å². The normalized spacial score (nSPS) is 10.2. The van der Waals surface area contributed by atoms with Crippen molar-refractivity contribution in [2.45, 2.75) is 6.92 Å². The fourth-order valence-electron chi connectivity index (χ4n) is 1.41. The predicted molar refractivity (Wildman–Crippen MR) is 71.0 cm³/mol. The summed E-state index contributed by atoms with van der Waals surface area (Å²) in [4.78, 5) is 15.5. The van der Waals surface area contributed by atoms with Gasteiger partial charge in [-0.25, -0.2) is 4.39 Å². The molecule has 18 heavy (non-hydrogen) atoms. The Balaban J connectivity index is 2.18. The first-order chi connectivity index (χ1) is 8.56. The van der Waals surface area contributed by atoms with E-state index < -0.39 is 11.7 Å². The standard InChI is InChI=1S/C13H10BrFN2O/c1-8-2-3-11(5-12(8)14)17-13(18)9-4-10(15)7-16-6-9/h2-7H,1H3,(H,17,18). The fourth-order valence-corrected chi connectivity index (χ4v) is 1.79. The Morgan fingerprint density at radius 2 is 2.11 bits per heavy atom. The molecule has 0 fully saturated rings. The molecule has 0 spiro atoms. The van der Waals surface area contributed by atoms with Crippen molar-refractivity contribution in [3.8, 4) is 0 Å². The van der Waals surface area contributed by atoms with E-state index in [1.807, 2.05) is 13.0 Å². The molecule has 0 aliphatic heterocycles. The van der Waals surface area contributed by atoms with Crippen LogP contribution in [0, 0.1) is 12.7 Å². The Kier molecular flexibility index (Phi) is 3.72. The zero-order chi connectivity index (χ0) is 13.1. The lowest BCUT2D eigenvalue weighted by Gasteiger charge is -2.06. The van der Waals surface area contributed by atoms with E-state index in [0.717, 1.165) is 22.3 Å². The highest BCUT2D eigenvalue weighted by atomic mass is 79.9. The second-order valence-electron chi connectivity index (χ2n) is 3.81. The summed E-state index contributed by atoms with van der Waals surface area (Å²) in [5.74, 6) is -0.925. The number of anilines is 1. The predicted octanol–water partition coefficient (Wildman–Crippen LogP) is 3.54. The molecular weight excluding hydrogens is 299 g/mol. The second-order valence-corrected chi connectivity index (χ2v) is 4.66. The first-order valence-corrected chi connectivity index (χ1v) is 6.03. The van der Waals surface area contributed by atoms with Crippen molar-refractivity contribution in [2.24, 2.45) is 0 Å². The largest absolute Gasteiger partial charge is 0.322 e. The number of amides is 1. The Labute approximate surface area is 112 Å². The minimum Gasteiger partial charge on any atom is -0.322 e. The maximum absolute atomic E-state index is 12.9. The molecule has 0 bridgehead atoms. The third kappa shape index (κ3) is 2.92. The van der Waals surface area contributed by atoms with E-state index in [1.165, 1.54) is 6.20 Å². The summed E-state index contributed by atoms with van der Waals surface area (Å²) >= 11 is 3.38. The topological polar surface area (TPSA) is 42.0 Å². The molecule has 92 valence electrons. The Morgan fingerprint density at radius 1 is 1.33 bits per heavy atom. The van der Waals surface area contributed by atoms with Crippen LogP contribution in [-0.4, -0.2) is 10.9 Å². The van der Waals surface area contributed by atoms with Crippen molar-refractivity contribution in [1.29, 1.82) is 0 Å². The van der Waals surface area contributed by atoms with Crippen LogP contribution >= 0.6 is 15.9 Å². The average Bonchev–Trinajstić information content (AvgIpc) is 2.34. The number of rotatable bonds is 2. The van der Waals surface area contributed by atoms with Crippen LogP contribution in [0.25, 0.3) is 0 Å². The van der Waals surface area contributed by atoms with Crippen molar-refractivity contribution in [3.05, 3.63) is 58.1 Å². The molecule has 5 heteroatoms. The number of hydrogen-bond donors (Lipinski definition) is 1. The van der Waals surface area contributed by atoms with Crippen LogP contribution in [0.1, 0.15) is 15.9 Å². The number of carbonyl (C=O) groups is 1. The zero-order valence-electron chi connectivity index (χ0n) is 9.58. The van der Waals surface area contributed by atoms with E-state index >= 15 is 0 Å². The van der Waals surface area contributed by atoms with E-state index in [9.17, 15) is 9.18 Å². The highest BCUT2D eigenvalue weighted by molar-refractivity contribution is 9.10. The second kappa shape index (κ2) is 5.27. The number of aryl methyl sites for hydroxylation is 1. The van der Waals surface area contributed by atoms with E-state index in [0.29, 0.717) is 5.69 Å². The summed E-state index contributed by atoms with van der Waals surface area (Å²) in [5, 5.41) is 2.68. The maximum atomic E-state index is 12.9. The molecule has 0 radical (unpaired) electrons. The van der Waals surface area contributed by atoms with Crippen LogP contribution in [0.2, 0.25) is 0 Å². The van der Waals surface area contributed by atoms with Crippen molar-refractivity contribution in [3.63, 3.8) is 0 Å². The molecule has 1 aromatic carbocycles. The molecule has 0 atom stereocenters. The van der Waals surface area contributed by atoms with Crippen LogP contribution in [0.15, 0.2) is 41.1 Å². The van der Waals surface area contributed by atoms with E-state index in [1.54, 1.807) is 12.1 Å². The molecule has 0 unspecified atom stereocenters. The number of aromatic nitrogens is 1. The van der Waals surface area contributed by atoms with Gasteiger partial charge in [0.25, 0.3) is 5.91 Å². The van der Waals surface area contributed by atoms with Crippen LogP contribution < -0.4 is 5.32 Å². The number of benzene rings is 1. The smallest absolute Gasteiger partial charge is 0.257 e. The van der Waals surface area contributed by atoms with Gasteiger partial charge in [0.05, 0.1) is 11.8 Å². The molecule has 1 N–H and O–H groups in total. The van der Waals surface area contributed by atoms with E-state index in [2.05, 4.69) is 26.2 Å². The molecule has 1 amide bonds. The zero-order valence-corrected chi connectivity index (χ0v) is 11.2. The van der Waals surface area contributed by atoms with Gasteiger partial charge in [0, 0.05) is 16.4 Å².